The van der Waals surface area contributed by atoms with E-state index in [2.05, 4.69) is 0 Å². The Bertz CT molecular complexity index is 545. The number of rotatable bonds is 4. The number of aliphatic hydroxyl groups is 1. The normalized spacial score (nSPS) is 21.0. The fraction of sp³-hybridized carbons (Fsp3) is 0.562. The minimum atomic E-state index is -1.02. The van der Waals surface area contributed by atoms with Crippen molar-refractivity contribution in [2.45, 2.75) is 30.1 Å². The minimum absolute atomic E-state index is 0.0618. The van der Waals surface area contributed by atoms with Crippen LogP contribution in [0, 0.1) is 6.92 Å². The number of hydrogen-bond acceptors (Lipinski definition) is 5. The number of piperidine rings is 1. The highest BCUT2D eigenvalue weighted by Crippen LogP contribution is 2.28. The van der Waals surface area contributed by atoms with Crippen LogP contribution in [0.1, 0.15) is 22.3 Å². The third-order valence-corrected chi connectivity index (χ3v) is 5.01. The molecule has 1 heterocycles. The zero-order valence-corrected chi connectivity index (χ0v) is 14.3. The molecule has 1 aromatic carbocycles. The number of likely N-dealkylation sites (tertiary alicyclic amines) is 1. The highest BCUT2D eigenvalue weighted by molar-refractivity contribution is 7.98. The molecule has 1 aliphatic heterocycles. The first-order valence-electron chi connectivity index (χ1n) is 7.19. The fourth-order valence-electron chi connectivity index (χ4n) is 2.77. The molecule has 1 N–H and O–H groups in total. The molecular weight excluding hydrogens is 302 g/mol. The van der Waals surface area contributed by atoms with Crippen LogP contribution in [0.2, 0.25) is 0 Å². The third kappa shape index (κ3) is 3.15. The summed E-state index contributed by atoms with van der Waals surface area (Å²) < 4.78 is 10.6. The molecule has 1 aliphatic rings. The van der Waals surface area contributed by atoms with Gasteiger partial charge in [-0.1, -0.05) is 6.07 Å². The van der Waals surface area contributed by atoms with E-state index in [4.69, 9.17) is 9.47 Å². The van der Waals surface area contributed by atoms with E-state index in [-0.39, 0.29) is 12.5 Å². The van der Waals surface area contributed by atoms with E-state index in [0.29, 0.717) is 18.5 Å². The second-order valence-corrected chi connectivity index (χ2v) is 6.30. The molecule has 5 nitrogen and oxygen atoms in total. The van der Waals surface area contributed by atoms with Crippen LogP contribution in [0.3, 0.4) is 0 Å². The Morgan fingerprint density at radius 2 is 2.09 bits per heavy atom. The van der Waals surface area contributed by atoms with E-state index in [1.807, 2.05) is 31.4 Å². The fourth-order valence-corrected chi connectivity index (χ4v) is 3.21. The number of ether oxygens (including phenoxy) is 2. The minimum Gasteiger partial charge on any atom is -0.386 e. The van der Waals surface area contributed by atoms with Crippen LogP contribution in [0.4, 0.5) is 0 Å². The summed E-state index contributed by atoms with van der Waals surface area (Å²) in [7, 11) is 3.02. The Balaban J connectivity index is 2.19. The van der Waals surface area contributed by atoms with Crippen molar-refractivity contribution in [2.24, 2.45) is 0 Å². The number of nitrogens with zero attached hydrogens (tertiary/aromatic N) is 1. The number of hydrogen-bond donors (Lipinski definition) is 1. The van der Waals surface area contributed by atoms with Crippen LogP contribution in [0.5, 0.6) is 0 Å². The lowest BCUT2D eigenvalue weighted by atomic mass is 9.98. The Kier molecular flexibility index (Phi) is 5.50. The first kappa shape index (κ1) is 17.3. The number of amides is 1. The number of methoxy groups -OCH3 is 2. The van der Waals surface area contributed by atoms with Crippen molar-refractivity contribution in [1.82, 2.24) is 4.90 Å². The lowest BCUT2D eigenvalue weighted by Crippen LogP contribution is -2.58. The predicted octanol–water partition coefficient (Wildman–Crippen LogP) is 1.91. The molecule has 1 unspecified atom stereocenters. The maximum Gasteiger partial charge on any atom is 0.254 e. The molecule has 0 radical (unpaired) electrons. The molecular formula is C16H23NO4S. The maximum atomic E-state index is 12.7. The van der Waals surface area contributed by atoms with Crippen molar-refractivity contribution in [3.63, 3.8) is 0 Å². The van der Waals surface area contributed by atoms with Gasteiger partial charge in [0.15, 0.2) is 5.79 Å². The summed E-state index contributed by atoms with van der Waals surface area (Å²) in [6.45, 7) is 2.61. The molecule has 1 fully saturated rings. The van der Waals surface area contributed by atoms with Crippen molar-refractivity contribution in [1.29, 1.82) is 0 Å². The van der Waals surface area contributed by atoms with Gasteiger partial charge < -0.3 is 19.5 Å². The van der Waals surface area contributed by atoms with Gasteiger partial charge in [0.2, 0.25) is 0 Å². The summed E-state index contributed by atoms with van der Waals surface area (Å²) in [5.74, 6) is -1.08. The van der Waals surface area contributed by atoms with E-state index < -0.39 is 11.9 Å². The van der Waals surface area contributed by atoms with Crippen molar-refractivity contribution in [3.8, 4) is 0 Å². The molecule has 22 heavy (non-hydrogen) atoms. The standard InChI is InChI=1S/C16H23NO4S/c1-11-5-6-12(22-4)9-13(11)15(19)17-8-7-16(20-2,21-3)14(18)10-17/h5-6,9,14,18H,7-8,10H2,1-4H3. The van der Waals surface area contributed by atoms with Crippen LogP contribution in [-0.2, 0) is 9.47 Å². The molecule has 1 atom stereocenters. The molecule has 0 saturated carbocycles. The van der Waals surface area contributed by atoms with Crippen molar-refractivity contribution in [3.05, 3.63) is 29.3 Å². The molecule has 122 valence electrons. The molecule has 0 bridgehead atoms. The predicted molar refractivity (Wildman–Crippen MR) is 86.2 cm³/mol. The number of carbonyl (C=O) groups is 1. The van der Waals surface area contributed by atoms with Gasteiger partial charge >= 0.3 is 0 Å². The zero-order valence-electron chi connectivity index (χ0n) is 13.5. The Morgan fingerprint density at radius 1 is 1.41 bits per heavy atom. The summed E-state index contributed by atoms with van der Waals surface area (Å²) in [5.41, 5.74) is 1.62. The topological polar surface area (TPSA) is 59.0 Å². The molecule has 0 aliphatic carbocycles. The lowest BCUT2D eigenvalue weighted by Gasteiger charge is -2.43. The van der Waals surface area contributed by atoms with Gasteiger partial charge in [0.25, 0.3) is 5.91 Å². The average molecular weight is 325 g/mol. The smallest absolute Gasteiger partial charge is 0.254 e. The van der Waals surface area contributed by atoms with Gasteiger partial charge in [0.05, 0.1) is 6.54 Å². The van der Waals surface area contributed by atoms with Crippen LogP contribution >= 0.6 is 11.8 Å². The Hall–Kier alpha value is -1.08. The quantitative estimate of drug-likeness (QED) is 0.677. The average Bonchev–Trinajstić information content (AvgIpc) is 2.55. The highest BCUT2D eigenvalue weighted by Gasteiger charge is 2.44. The highest BCUT2D eigenvalue weighted by atomic mass is 32.2. The third-order valence-electron chi connectivity index (χ3n) is 4.28. The molecule has 1 saturated heterocycles. The van der Waals surface area contributed by atoms with Gasteiger partial charge in [-0.2, -0.15) is 0 Å². The zero-order chi connectivity index (χ0) is 16.3. The van der Waals surface area contributed by atoms with Gasteiger partial charge in [-0.15, -0.1) is 11.8 Å². The van der Waals surface area contributed by atoms with Crippen LogP contribution in [-0.4, -0.2) is 61.4 Å². The van der Waals surface area contributed by atoms with Gasteiger partial charge in [-0.25, -0.2) is 0 Å². The molecule has 0 aromatic heterocycles. The van der Waals surface area contributed by atoms with E-state index in [1.165, 1.54) is 14.2 Å². The first-order chi connectivity index (χ1) is 10.5. The van der Waals surface area contributed by atoms with Gasteiger partial charge in [-0.05, 0) is 30.9 Å². The lowest BCUT2D eigenvalue weighted by molar-refractivity contribution is -0.275. The number of carbonyl (C=O) groups excluding carboxylic acids is 1. The second kappa shape index (κ2) is 7.00. The van der Waals surface area contributed by atoms with Crippen LogP contribution in [0.25, 0.3) is 0 Å². The molecule has 6 heteroatoms. The number of benzene rings is 1. The Morgan fingerprint density at radius 3 is 2.64 bits per heavy atom. The molecule has 1 amide bonds. The SMILES string of the molecule is COC1(OC)CCN(C(=O)c2cc(SC)ccc2C)CC1O. The van der Waals surface area contributed by atoms with Gasteiger partial charge in [0, 0.05) is 37.6 Å². The largest absolute Gasteiger partial charge is 0.386 e. The second-order valence-electron chi connectivity index (χ2n) is 5.42. The maximum absolute atomic E-state index is 12.7. The van der Waals surface area contributed by atoms with E-state index in [0.717, 1.165) is 10.5 Å². The summed E-state index contributed by atoms with van der Waals surface area (Å²) in [6, 6.07) is 5.86. The van der Waals surface area contributed by atoms with E-state index in [9.17, 15) is 9.90 Å². The van der Waals surface area contributed by atoms with Crippen molar-refractivity contribution in [2.75, 3.05) is 33.6 Å². The monoisotopic (exact) mass is 325 g/mol. The summed E-state index contributed by atoms with van der Waals surface area (Å²) in [5, 5.41) is 10.3. The van der Waals surface area contributed by atoms with Crippen molar-refractivity contribution >= 4 is 17.7 Å². The summed E-state index contributed by atoms with van der Waals surface area (Å²) in [6.07, 6.45) is 1.55. The summed E-state index contributed by atoms with van der Waals surface area (Å²) in [4.78, 5) is 15.5. The molecule has 2 rings (SSSR count). The number of β-amino-alcohol motifs (C(OH)–C–C–N with tert-alkyl or cyclic N) is 1. The Labute approximate surface area is 135 Å². The molecule has 0 spiro atoms. The van der Waals surface area contributed by atoms with Crippen LogP contribution < -0.4 is 0 Å². The van der Waals surface area contributed by atoms with Gasteiger partial charge in [-0.3, -0.25) is 4.79 Å². The molecule has 1 aromatic rings. The van der Waals surface area contributed by atoms with E-state index in [1.54, 1.807) is 16.7 Å². The number of thioether (sulfide) groups is 1. The summed E-state index contributed by atoms with van der Waals surface area (Å²) >= 11 is 1.60. The first-order valence-corrected chi connectivity index (χ1v) is 8.42. The van der Waals surface area contributed by atoms with Gasteiger partial charge in [0.1, 0.15) is 6.10 Å². The van der Waals surface area contributed by atoms with E-state index >= 15 is 0 Å². The number of aryl methyl sites for hydroxylation is 1. The number of aliphatic hydroxyl groups excluding tert-OH is 1. The van der Waals surface area contributed by atoms with Crippen LogP contribution in [0.15, 0.2) is 23.1 Å². The van der Waals surface area contributed by atoms with Crippen molar-refractivity contribution < 1.29 is 19.4 Å².